The number of amides is 1. The van der Waals surface area contributed by atoms with Crippen molar-refractivity contribution in [3.63, 3.8) is 0 Å². The van der Waals surface area contributed by atoms with E-state index in [1.54, 1.807) is 4.90 Å². The van der Waals surface area contributed by atoms with Crippen LogP contribution in [0.25, 0.3) is 0 Å². The highest BCUT2D eigenvalue weighted by Gasteiger charge is 2.28. The fourth-order valence-corrected chi connectivity index (χ4v) is 5.46. The minimum atomic E-state index is -3.44. The van der Waals surface area contributed by atoms with E-state index in [1.165, 1.54) is 53.8 Å². The maximum Gasteiger partial charge on any atom is 0.344 e. The Morgan fingerprint density at radius 2 is 1.97 bits per heavy atom. The molecule has 1 N–H and O–H groups in total. The Morgan fingerprint density at radius 3 is 2.66 bits per heavy atom. The number of carbonyl (C=O) groups is 1. The van der Waals surface area contributed by atoms with E-state index in [0.717, 1.165) is 24.4 Å². The quantitative estimate of drug-likeness (QED) is 0.705. The zero-order valence-corrected chi connectivity index (χ0v) is 20.1. The Bertz CT molecular complexity index is 1080. The summed E-state index contributed by atoms with van der Waals surface area (Å²) in [5.74, 6) is 0.707. The normalized spacial score (nSPS) is 20.6. The van der Waals surface area contributed by atoms with Gasteiger partial charge in [-0.15, -0.1) is 5.10 Å². The van der Waals surface area contributed by atoms with Crippen LogP contribution in [-0.2, 0) is 16.6 Å². The number of piperazine rings is 1. The van der Waals surface area contributed by atoms with E-state index in [9.17, 15) is 13.2 Å². The topological polar surface area (TPSA) is 87.5 Å². The van der Waals surface area contributed by atoms with Crippen LogP contribution >= 0.6 is 11.6 Å². The van der Waals surface area contributed by atoms with Gasteiger partial charge < -0.3 is 4.90 Å². The van der Waals surface area contributed by atoms with Crippen molar-refractivity contribution in [3.05, 3.63) is 46.6 Å². The van der Waals surface area contributed by atoms with Crippen LogP contribution in [0.1, 0.15) is 49.7 Å². The predicted octanol–water partition coefficient (Wildman–Crippen LogP) is 3.74. The van der Waals surface area contributed by atoms with E-state index in [1.807, 2.05) is 6.07 Å². The first-order valence-corrected chi connectivity index (χ1v) is 13.3. The molecule has 1 aliphatic heterocycles. The molecule has 2 fully saturated rings. The number of benzene rings is 1. The number of rotatable bonds is 5. The molecule has 10 heteroatoms. The van der Waals surface area contributed by atoms with Gasteiger partial charge in [0.25, 0.3) is 0 Å². The second-order valence-corrected chi connectivity index (χ2v) is 11.1. The highest BCUT2D eigenvalue weighted by Crippen LogP contribution is 2.38. The van der Waals surface area contributed by atoms with Crippen LogP contribution in [0.2, 0.25) is 5.02 Å². The van der Waals surface area contributed by atoms with Crippen LogP contribution in [0.4, 0.5) is 10.6 Å². The minimum absolute atomic E-state index is 0.133. The highest BCUT2D eigenvalue weighted by atomic mass is 35.5. The summed E-state index contributed by atoms with van der Waals surface area (Å²) in [5.41, 5.74) is 2.53. The van der Waals surface area contributed by atoms with Crippen LogP contribution < -0.4 is 4.72 Å². The van der Waals surface area contributed by atoms with Crippen molar-refractivity contribution in [2.75, 3.05) is 30.6 Å². The SMILES string of the molecule is C[C@H]1CN(C(=O)n2ccc(NS(C)(=O)=O)n2)CCN1Cc1ccc(Cl)c(C2CCCC2)c1. The lowest BCUT2D eigenvalue weighted by molar-refractivity contribution is 0.0920. The van der Waals surface area contributed by atoms with Gasteiger partial charge >= 0.3 is 6.03 Å². The zero-order valence-electron chi connectivity index (χ0n) is 18.5. The first kappa shape index (κ1) is 23.1. The molecule has 1 amide bonds. The Morgan fingerprint density at radius 1 is 1.22 bits per heavy atom. The van der Waals surface area contributed by atoms with E-state index in [2.05, 4.69) is 33.8 Å². The van der Waals surface area contributed by atoms with Gasteiger partial charge in [0.2, 0.25) is 10.0 Å². The van der Waals surface area contributed by atoms with E-state index in [0.29, 0.717) is 19.0 Å². The Kier molecular flexibility index (Phi) is 6.78. The fourth-order valence-electron chi connectivity index (χ4n) is 4.70. The van der Waals surface area contributed by atoms with Gasteiger partial charge in [0, 0.05) is 49.5 Å². The smallest absolute Gasteiger partial charge is 0.320 e. The molecule has 1 aromatic carbocycles. The molecule has 32 heavy (non-hydrogen) atoms. The van der Waals surface area contributed by atoms with Crippen molar-refractivity contribution in [2.24, 2.45) is 0 Å². The van der Waals surface area contributed by atoms with Crippen molar-refractivity contribution in [2.45, 2.75) is 51.1 Å². The van der Waals surface area contributed by atoms with Crippen LogP contribution in [0.15, 0.2) is 30.5 Å². The van der Waals surface area contributed by atoms with E-state index >= 15 is 0 Å². The van der Waals surface area contributed by atoms with Crippen molar-refractivity contribution >= 4 is 33.5 Å². The van der Waals surface area contributed by atoms with Crippen LogP contribution in [0.5, 0.6) is 0 Å². The lowest BCUT2D eigenvalue weighted by Crippen LogP contribution is -2.54. The van der Waals surface area contributed by atoms with Crippen LogP contribution in [0.3, 0.4) is 0 Å². The predicted molar refractivity (Wildman–Crippen MR) is 126 cm³/mol. The molecular weight excluding hydrogens is 450 g/mol. The summed E-state index contributed by atoms with van der Waals surface area (Å²) >= 11 is 6.49. The average Bonchev–Trinajstić information content (AvgIpc) is 3.41. The third kappa shape index (κ3) is 5.44. The first-order valence-electron chi connectivity index (χ1n) is 11.0. The molecule has 1 aromatic heterocycles. The molecule has 0 unspecified atom stereocenters. The molecule has 8 nitrogen and oxygen atoms in total. The third-order valence-electron chi connectivity index (χ3n) is 6.35. The summed E-state index contributed by atoms with van der Waals surface area (Å²) in [6.45, 7) is 4.86. The van der Waals surface area contributed by atoms with Crippen molar-refractivity contribution in [1.29, 1.82) is 0 Å². The lowest BCUT2D eigenvalue weighted by Gasteiger charge is -2.39. The average molecular weight is 480 g/mol. The van der Waals surface area contributed by atoms with Gasteiger partial charge in [-0.3, -0.25) is 9.62 Å². The van der Waals surface area contributed by atoms with Crippen molar-refractivity contribution < 1.29 is 13.2 Å². The van der Waals surface area contributed by atoms with Gasteiger partial charge in [-0.2, -0.15) is 4.68 Å². The monoisotopic (exact) mass is 479 g/mol. The van der Waals surface area contributed by atoms with E-state index in [4.69, 9.17) is 11.6 Å². The van der Waals surface area contributed by atoms with Gasteiger partial charge in [-0.1, -0.05) is 36.6 Å². The Balaban J connectivity index is 1.37. The molecule has 2 aliphatic rings. The second-order valence-electron chi connectivity index (χ2n) is 8.91. The maximum absolute atomic E-state index is 12.8. The molecular formula is C22H30ClN5O3S. The summed E-state index contributed by atoms with van der Waals surface area (Å²) in [7, 11) is -3.44. The summed E-state index contributed by atoms with van der Waals surface area (Å²) in [6.07, 6.45) is 7.52. The van der Waals surface area contributed by atoms with Crippen molar-refractivity contribution in [1.82, 2.24) is 19.6 Å². The van der Waals surface area contributed by atoms with Gasteiger partial charge in [0.05, 0.1) is 6.26 Å². The summed E-state index contributed by atoms with van der Waals surface area (Å²) < 4.78 is 26.2. The van der Waals surface area contributed by atoms with E-state index < -0.39 is 10.0 Å². The van der Waals surface area contributed by atoms with Crippen LogP contribution in [-0.4, -0.2) is 66.0 Å². The van der Waals surface area contributed by atoms with Crippen molar-refractivity contribution in [3.8, 4) is 0 Å². The molecule has 2 aromatic rings. The van der Waals surface area contributed by atoms with Gasteiger partial charge in [0.1, 0.15) is 0 Å². The number of nitrogens with zero attached hydrogens (tertiary/aromatic N) is 4. The molecule has 1 saturated heterocycles. The summed E-state index contributed by atoms with van der Waals surface area (Å²) in [5, 5.41) is 4.92. The Labute approximate surface area is 194 Å². The number of hydrogen-bond acceptors (Lipinski definition) is 5. The zero-order chi connectivity index (χ0) is 22.9. The highest BCUT2D eigenvalue weighted by molar-refractivity contribution is 7.92. The largest absolute Gasteiger partial charge is 0.344 e. The number of anilines is 1. The minimum Gasteiger partial charge on any atom is -0.320 e. The molecule has 4 rings (SSSR count). The van der Waals surface area contributed by atoms with E-state index in [-0.39, 0.29) is 17.9 Å². The molecule has 0 bridgehead atoms. The summed E-state index contributed by atoms with van der Waals surface area (Å²) in [4.78, 5) is 17.0. The number of carbonyl (C=O) groups excluding carboxylic acids is 1. The standard InChI is InChI=1S/C22H30ClN5O3S/c1-16-14-27(22(29)28-10-9-21(24-28)25-32(2,30)31)12-11-26(16)15-17-7-8-20(23)19(13-17)18-5-3-4-6-18/h7-10,13,16,18H,3-6,11-12,14-15H2,1-2H3,(H,24,25)/t16-/m0/s1. The van der Waals surface area contributed by atoms with Gasteiger partial charge in [-0.25, -0.2) is 13.2 Å². The van der Waals surface area contributed by atoms with Crippen LogP contribution in [0, 0.1) is 0 Å². The molecule has 174 valence electrons. The summed E-state index contributed by atoms with van der Waals surface area (Å²) in [6, 6.07) is 7.79. The molecule has 1 saturated carbocycles. The molecule has 0 radical (unpaired) electrons. The molecule has 1 aliphatic carbocycles. The molecule has 2 heterocycles. The lowest BCUT2D eigenvalue weighted by atomic mass is 9.95. The number of nitrogens with one attached hydrogen (secondary N) is 1. The third-order valence-corrected chi connectivity index (χ3v) is 7.28. The van der Waals surface area contributed by atoms with Gasteiger partial charge in [0.15, 0.2) is 5.82 Å². The molecule has 0 spiro atoms. The number of sulfonamides is 1. The number of hydrogen-bond donors (Lipinski definition) is 1. The maximum atomic E-state index is 12.8. The number of aromatic nitrogens is 2. The first-order chi connectivity index (χ1) is 15.2. The van der Waals surface area contributed by atoms with Gasteiger partial charge in [-0.05, 0) is 42.9 Å². The Hall–Kier alpha value is -2.10. The number of halogens is 1. The molecule has 1 atom stereocenters. The fraction of sp³-hybridized carbons (Fsp3) is 0.545. The second kappa shape index (κ2) is 9.41.